The minimum atomic E-state index is -0.486. The van der Waals surface area contributed by atoms with Gasteiger partial charge in [-0.05, 0) is 23.8 Å². The van der Waals surface area contributed by atoms with Crippen LogP contribution in [0.25, 0.3) is 0 Å². The van der Waals surface area contributed by atoms with Crippen molar-refractivity contribution in [1.29, 1.82) is 0 Å². The Morgan fingerprint density at radius 3 is 2.43 bits per heavy atom. The largest absolute Gasteiger partial charge is 0.383 e. The van der Waals surface area contributed by atoms with E-state index in [9.17, 15) is 14.5 Å². The summed E-state index contributed by atoms with van der Waals surface area (Å²) >= 11 is 5.97. The smallest absolute Gasteiger partial charge is 0.271 e. The summed E-state index contributed by atoms with van der Waals surface area (Å²) in [6, 6.07) is 10.6. The van der Waals surface area contributed by atoms with Crippen molar-refractivity contribution in [3.8, 4) is 0 Å². The molecular weight excluding hydrogens is 344 g/mol. The number of nitrogens with zero attached hydrogens (tertiary/aromatic N) is 1. The van der Waals surface area contributed by atoms with Gasteiger partial charge in [-0.15, -0.1) is 12.4 Å². The van der Waals surface area contributed by atoms with Crippen LogP contribution in [0.3, 0.4) is 0 Å². The van der Waals surface area contributed by atoms with E-state index in [1.54, 1.807) is 18.2 Å². The lowest BCUT2D eigenvalue weighted by atomic mass is 10.2. The number of nitro groups is 1. The molecule has 0 heterocycles. The van der Waals surface area contributed by atoms with Crippen LogP contribution >= 0.6 is 24.0 Å². The van der Waals surface area contributed by atoms with Crippen LogP contribution in [0, 0.1) is 15.9 Å². The Kier molecular flexibility index (Phi) is 7.74. The number of halogens is 3. The summed E-state index contributed by atoms with van der Waals surface area (Å²) < 4.78 is 12.7. The highest BCUT2D eigenvalue weighted by molar-refractivity contribution is 6.33. The Bertz CT molecular complexity index is 654. The molecule has 2 aromatic rings. The Morgan fingerprint density at radius 2 is 1.83 bits per heavy atom. The molecule has 0 aromatic heterocycles. The van der Waals surface area contributed by atoms with Crippen molar-refractivity contribution in [3.05, 3.63) is 69.0 Å². The van der Waals surface area contributed by atoms with E-state index in [-0.39, 0.29) is 23.9 Å². The molecule has 2 aromatic carbocycles. The fraction of sp³-hybridized carbons (Fsp3) is 0.200. The monoisotopic (exact) mass is 359 g/mol. The number of benzene rings is 2. The van der Waals surface area contributed by atoms with Crippen molar-refractivity contribution in [1.82, 2.24) is 5.32 Å². The van der Waals surface area contributed by atoms with Gasteiger partial charge < -0.3 is 10.6 Å². The summed E-state index contributed by atoms with van der Waals surface area (Å²) in [4.78, 5) is 10.1. The van der Waals surface area contributed by atoms with Crippen LogP contribution in [0.4, 0.5) is 15.8 Å². The fourth-order valence-electron chi connectivity index (χ4n) is 1.88. The maximum atomic E-state index is 12.7. The molecule has 0 fully saturated rings. The summed E-state index contributed by atoms with van der Waals surface area (Å²) in [7, 11) is 0. The molecule has 0 radical (unpaired) electrons. The third kappa shape index (κ3) is 6.02. The van der Waals surface area contributed by atoms with Gasteiger partial charge in [0.15, 0.2) is 0 Å². The molecule has 2 rings (SSSR count). The highest BCUT2D eigenvalue weighted by Gasteiger charge is 2.08. The molecule has 0 atom stereocenters. The van der Waals surface area contributed by atoms with Crippen molar-refractivity contribution < 1.29 is 9.31 Å². The van der Waals surface area contributed by atoms with Crippen molar-refractivity contribution in [2.45, 2.75) is 6.54 Å². The minimum absolute atomic E-state index is 0. The first-order chi connectivity index (χ1) is 10.6. The zero-order valence-corrected chi connectivity index (χ0v) is 13.7. The standard InChI is InChI=1S/C15H15ClFN3O2.ClH/c16-14-9-13(20(21)22)5-6-15(14)19-8-7-18-10-11-1-3-12(17)4-2-11;/h1-6,9,18-19H,7-8,10H2;1H. The van der Waals surface area contributed by atoms with Gasteiger partial charge in [0.1, 0.15) is 5.82 Å². The Labute approximate surface area is 144 Å². The molecule has 8 heteroatoms. The first-order valence-corrected chi connectivity index (χ1v) is 7.07. The maximum absolute atomic E-state index is 12.7. The second-order valence-electron chi connectivity index (χ2n) is 4.65. The van der Waals surface area contributed by atoms with Crippen LogP contribution in [-0.2, 0) is 6.54 Å². The van der Waals surface area contributed by atoms with Gasteiger partial charge in [0.25, 0.3) is 5.69 Å². The Hall–Kier alpha value is -1.89. The van der Waals surface area contributed by atoms with Crippen LogP contribution in [0.2, 0.25) is 5.02 Å². The predicted octanol–water partition coefficient (Wildman–Crippen LogP) is 4.01. The van der Waals surface area contributed by atoms with E-state index < -0.39 is 4.92 Å². The molecule has 0 bridgehead atoms. The average molecular weight is 360 g/mol. The average Bonchev–Trinajstić information content (AvgIpc) is 2.50. The fourth-order valence-corrected chi connectivity index (χ4v) is 2.12. The number of nitrogens with one attached hydrogen (secondary N) is 2. The molecule has 0 saturated heterocycles. The summed E-state index contributed by atoms with van der Waals surface area (Å²) in [6.07, 6.45) is 0. The number of nitro benzene ring substituents is 1. The molecule has 0 aliphatic heterocycles. The molecular formula is C15H16Cl2FN3O2. The number of rotatable bonds is 7. The van der Waals surface area contributed by atoms with Crippen LogP contribution < -0.4 is 10.6 Å². The third-order valence-corrected chi connectivity index (χ3v) is 3.34. The summed E-state index contributed by atoms with van der Waals surface area (Å²) in [5.41, 5.74) is 1.61. The quantitative estimate of drug-likeness (QED) is 0.445. The van der Waals surface area contributed by atoms with E-state index >= 15 is 0 Å². The van der Waals surface area contributed by atoms with Gasteiger partial charge in [0.2, 0.25) is 0 Å². The van der Waals surface area contributed by atoms with Gasteiger partial charge in [-0.1, -0.05) is 23.7 Å². The van der Waals surface area contributed by atoms with Crippen LogP contribution in [0.5, 0.6) is 0 Å². The molecule has 2 N–H and O–H groups in total. The van der Waals surface area contributed by atoms with E-state index in [0.29, 0.717) is 30.3 Å². The molecule has 0 spiro atoms. The lowest BCUT2D eigenvalue weighted by Crippen LogP contribution is -2.21. The molecule has 0 aliphatic carbocycles. The van der Waals surface area contributed by atoms with Crippen molar-refractivity contribution in [3.63, 3.8) is 0 Å². The lowest BCUT2D eigenvalue weighted by Gasteiger charge is -2.09. The third-order valence-electron chi connectivity index (χ3n) is 3.02. The predicted molar refractivity (Wildman–Crippen MR) is 92.0 cm³/mol. The zero-order chi connectivity index (χ0) is 15.9. The molecule has 124 valence electrons. The number of anilines is 1. The Morgan fingerprint density at radius 1 is 1.13 bits per heavy atom. The van der Waals surface area contributed by atoms with E-state index in [0.717, 1.165) is 5.56 Å². The van der Waals surface area contributed by atoms with E-state index in [4.69, 9.17) is 11.6 Å². The second-order valence-corrected chi connectivity index (χ2v) is 5.06. The summed E-state index contributed by atoms with van der Waals surface area (Å²) in [5, 5.41) is 17.2. The molecule has 23 heavy (non-hydrogen) atoms. The number of hydrogen-bond acceptors (Lipinski definition) is 4. The SMILES string of the molecule is Cl.O=[N+]([O-])c1ccc(NCCNCc2ccc(F)cc2)c(Cl)c1. The Balaban J connectivity index is 0.00000264. The zero-order valence-electron chi connectivity index (χ0n) is 12.1. The van der Waals surface area contributed by atoms with Crippen LogP contribution in [-0.4, -0.2) is 18.0 Å². The van der Waals surface area contributed by atoms with Gasteiger partial charge in [-0.2, -0.15) is 0 Å². The summed E-state index contributed by atoms with van der Waals surface area (Å²) in [6.45, 7) is 1.92. The van der Waals surface area contributed by atoms with Crippen LogP contribution in [0.1, 0.15) is 5.56 Å². The van der Waals surface area contributed by atoms with E-state index in [1.807, 2.05) is 0 Å². The highest BCUT2D eigenvalue weighted by Crippen LogP contribution is 2.26. The lowest BCUT2D eigenvalue weighted by molar-refractivity contribution is -0.384. The maximum Gasteiger partial charge on any atom is 0.271 e. The molecule has 0 aliphatic rings. The number of hydrogen-bond donors (Lipinski definition) is 2. The second kappa shape index (κ2) is 9.29. The molecule has 5 nitrogen and oxygen atoms in total. The first-order valence-electron chi connectivity index (χ1n) is 6.69. The van der Waals surface area contributed by atoms with E-state index in [2.05, 4.69) is 10.6 Å². The summed E-state index contributed by atoms with van der Waals surface area (Å²) in [5.74, 6) is -0.252. The van der Waals surface area contributed by atoms with Gasteiger partial charge in [0, 0.05) is 31.8 Å². The topological polar surface area (TPSA) is 67.2 Å². The van der Waals surface area contributed by atoms with Crippen molar-refractivity contribution >= 4 is 35.4 Å². The first kappa shape index (κ1) is 19.2. The van der Waals surface area contributed by atoms with E-state index in [1.165, 1.54) is 24.3 Å². The van der Waals surface area contributed by atoms with Gasteiger partial charge in [-0.25, -0.2) is 4.39 Å². The van der Waals surface area contributed by atoms with Crippen molar-refractivity contribution in [2.75, 3.05) is 18.4 Å². The molecule has 0 unspecified atom stereocenters. The minimum Gasteiger partial charge on any atom is -0.383 e. The number of non-ortho nitro benzene ring substituents is 1. The van der Waals surface area contributed by atoms with Gasteiger partial charge in [0.05, 0.1) is 15.6 Å². The molecule has 0 saturated carbocycles. The van der Waals surface area contributed by atoms with Gasteiger partial charge >= 0.3 is 0 Å². The molecule has 0 amide bonds. The van der Waals surface area contributed by atoms with Crippen molar-refractivity contribution in [2.24, 2.45) is 0 Å². The van der Waals surface area contributed by atoms with Crippen LogP contribution in [0.15, 0.2) is 42.5 Å². The normalized spacial score (nSPS) is 10.0. The van der Waals surface area contributed by atoms with Gasteiger partial charge in [-0.3, -0.25) is 10.1 Å². The highest BCUT2D eigenvalue weighted by atomic mass is 35.5.